The fourth-order valence-electron chi connectivity index (χ4n) is 3.06. The normalized spacial score (nSPS) is 15.6. The third-order valence-electron chi connectivity index (χ3n) is 4.43. The molecule has 0 bridgehead atoms. The summed E-state index contributed by atoms with van der Waals surface area (Å²) in [6.45, 7) is 10.4. The Bertz CT molecular complexity index is 701. The van der Waals surface area contributed by atoms with Crippen LogP contribution in [0.4, 0.5) is 5.69 Å². The van der Waals surface area contributed by atoms with Crippen molar-refractivity contribution in [3.8, 4) is 0 Å². The van der Waals surface area contributed by atoms with E-state index in [-0.39, 0.29) is 5.91 Å². The quantitative estimate of drug-likeness (QED) is 0.811. The van der Waals surface area contributed by atoms with Gasteiger partial charge in [-0.3, -0.25) is 4.79 Å². The van der Waals surface area contributed by atoms with Gasteiger partial charge in [-0.1, -0.05) is 48.5 Å². The third kappa shape index (κ3) is 3.75. The molecule has 1 saturated heterocycles. The molecule has 0 radical (unpaired) electrons. The number of nitrogens with zero attached hydrogens (tertiary/aromatic N) is 3. The minimum Gasteiger partial charge on any atom is -0.368 e. The van der Waals surface area contributed by atoms with Crippen molar-refractivity contribution in [3.05, 3.63) is 77.6 Å². The third-order valence-corrected chi connectivity index (χ3v) is 4.43. The monoisotopic (exact) mass is 319 g/mol. The summed E-state index contributed by atoms with van der Waals surface area (Å²) >= 11 is 0. The van der Waals surface area contributed by atoms with Gasteiger partial charge >= 0.3 is 11.9 Å². The maximum atomic E-state index is 12.7. The zero-order valence-electron chi connectivity index (χ0n) is 13.6. The maximum Gasteiger partial charge on any atom is 0.306 e. The number of hydrogen-bond acceptors (Lipinski definition) is 2. The molecular weight excluding hydrogens is 298 g/mol. The topological polar surface area (TPSA) is 27.9 Å². The number of para-hydroxylation sites is 1. The van der Waals surface area contributed by atoms with Gasteiger partial charge in [0.05, 0.1) is 6.42 Å². The van der Waals surface area contributed by atoms with E-state index in [0.717, 1.165) is 18.7 Å². The molecule has 1 aliphatic rings. The second-order valence-electron chi connectivity index (χ2n) is 5.98. The van der Waals surface area contributed by atoms with Crippen LogP contribution in [0, 0.1) is 6.57 Å². The van der Waals surface area contributed by atoms with Crippen molar-refractivity contribution in [2.45, 2.75) is 12.5 Å². The fourth-order valence-corrected chi connectivity index (χ4v) is 3.06. The molecule has 1 aliphatic heterocycles. The summed E-state index contributed by atoms with van der Waals surface area (Å²) in [6, 6.07) is 19.4. The van der Waals surface area contributed by atoms with Crippen LogP contribution < -0.4 is 4.90 Å². The summed E-state index contributed by atoms with van der Waals surface area (Å²) in [5, 5.41) is 0. The van der Waals surface area contributed by atoms with Crippen LogP contribution in [0.2, 0.25) is 0 Å². The maximum absolute atomic E-state index is 12.7. The smallest absolute Gasteiger partial charge is 0.306 e. The van der Waals surface area contributed by atoms with E-state index >= 15 is 0 Å². The number of rotatable bonds is 4. The predicted molar refractivity (Wildman–Crippen MR) is 95.8 cm³/mol. The lowest BCUT2D eigenvalue weighted by molar-refractivity contribution is -0.131. The summed E-state index contributed by atoms with van der Waals surface area (Å²) < 4.78 is 0. The van der Waals surface area contributed by atoms with Gasteiger partial charge in [0, 0.05) is 31.9 Å². The van der Waals surface area contributed by atoms with Crippen LogP contribution in [-0.2, 0) is 11.2 Å². The SMILES string of the molecule is [C-]#[N+][C@H](Cc1ccccc1)C(=O)N1CCN(c2ccccc2)CC1. The van der Waals surface area contributed by atoms with Crippen molar-refractivity contribution >= 4 is 11.6 Å². The first kappa shape index (κ1) is 16.1. The molecule has 2 aromatic carbocycles. The fraction of sp³-hybridized carbons (Fsp3) is 0.300. The van der Waals surface area contributed by atoms with Crippen LogP contribution in [0.3, 0.4) is 0 Å². The van der Waals surface area contributed by atoms with Gasteiger partial charge in [-0.2, -0.15) is 0 Å². The van der Waals surface area contributed by atoms with E-state index in [1.54, 1.807) is 0 Å². The average Bonchev–Trinajstić information content (AvgIpc) is 2.67. The molecule has 1 fully saturated rings. The van der Waals surface area contributed by atoms with Gasteiger partial charge in [-0.05, 0) is 17.7 Å². The Labute approximate surface area is 143 Å². The average molecular weight is 319 g/mol. The van der Waals surface area contributed by atoms with E-state index in [1.807, 2.05) is 53.4 Å². The molecule has 0 saturated carbocycles. The number of piperazine rings is 1. The van der Waals surface area contributed by atoms with E-state index in [2.05, 4.69) is 21.9 Å². The number of carbonyl (C=O) groups is 1. The highest BCUT2D eigenvalue weighted by Crippen LogP contribution is 2.17. The Morgan fingerprint density at radius 2 is 1.54 bits per heavy atom. The minimum absolute atomic E-state index is 0.0402. The Hall–Kier alpha value is -2.80. The molecule has 24 heavy (non-hydrogen) atoms. The lowest BCUT2D eigenvalue weighted by Gasteiger charge is -2.36. The zero-order valence-corrected chi connectivity index (χ0v) is 13.6. The summed E-state index contributed by atoms with van der Waals surface area (Å²) in [6.07, 6.45) is 0.488. The van der Waals surface area contributed by atoms with E-state index in [4.69, 9.17) is 6.57 Å². The molecule has 1 atom stereocenters. The Kier molecular flexibility index (Phi) is 5.12. The Morgan fingerprint density at radius 1 is 0.958 bits per heavy atom. The summed E-state index contributed by atoms with van der Waals surface area (Å²) in [7, 11) is 0. The van der Waals surface area contributed by atoms with E-state index in [0.29, 0.717) is 19.5 Å². The Balaban J connectivity index is 1.59. The second kappa shape index (κ2) is 7.65. The molecule has 0 N–H and O–H groups in total. The summed E-state index contributed by atoms with van der Waals surface area (Å²) in [5.74, 6) is -0.0402. The first-order valence-electron chi connectivity index (χ1n) is 8.27. The molecule has 4 heteroatoms. The van der Waals surface area contributed by atoms with Crippen molar-refractivity contribution in [3.63, 3.8) is 0 Å². The van der Waals surface area contributed by atoms with Gasteiger partial charge in [0.15, 0.2) is 0 Å². The van der Waals surface area contributed by atoms with Gasteiger partial charge in [0.1, 0.15) is 0 Å². The molecule has 3 rings (SSSR count). The lowest BCUT2D eigenvalue weighted by atomic mass is 10.1. The largest absolute Gasteiger partial charge is 0.368 e. The number of benzene rings is 2. The highest BCUT2D eigenvalue weighted by Gasteiger charge is 2.31. The molecular formula is C20H21N3O. The number of anilines is 1. The molecule has 122 valence electrons. The molecule has 0 spiro atoms. The van der Waals surface area contributed by atoms with Gasteiger partial charge in [0.2, 0.25) is 0 Å². The highest BCUT2D eigenvalue weighted by molar-refractivity contribution is 5.84. The van der Waals surface area contributed by atoms with Gasteiger partial charge in [-0.25, -0.2) is 6.57 Å². The van der Waals surface area contributed by atoms with Crippen LogP contribution in [0.15, 0.2) is 60.7 Å². The first-order valence-corrected chi connectivity index (χ1v) is 8.27. The molecule has 1 amide bonds. The van der Waals surface area contributed by atoms with Crippen molar-refractivity contribution in [1.29, 1.82) is 0 Å². The number of hydrogen-bond donors (Lipinski definition) is 0. The molecule has 2 aromatic rings. The number of amides is 1. The predicted octanol–water partition coefficient (Wildman–Crippen LogP) is 2.87. The van der Waals surface area contributed by atoms with E-state index in [1.165, 1.54) is 5.69 Å². The molecule has 1 heterocycles. The highest BCUT2D eigenvalue weighted by atomic mass is 16.2. The molecule has 0 unspecified atom stereocenters. The summed E-state index contributed by atoms with van der Waals surface area (Å²) in [5.41, 5.74) is 2.23. The van der Waals surface area contributed by atoms with E-state index in [9.17, 15) is 4.79 Å². The Morgan fingerprint density at radius 3 is 2.12 bits per heavy atom. The van der Waals surface area contributed by atoms with Crippen molar-refractivity contribution in [2.75, 3.05) is 31.1 Å². The van der Waals surface area contributed by atoms with Crippen LogP contribution in [0.25, 0.3) is 4.85 Å². The van der Waals surface area contributed by atoms with Crippen LogP contribution in [0.1, 0.15) is 5.56 Å². The van der Waals surface area contributed by atoms with Gasteiger partial charge in [-0.15, -0.1) is 0 Å². The molecule has 4 nitrogen and oxygen atoms in total. The molecule has 0 aromatic heterocycles. The van der Waals surface area contributed by atoms with Crippen LogP contribution in [0.5, 0.6) is 0 Å². The second-order valence-corrected chi connectivity index (χ2v) is 5.98. The van der Waals surface area contributed by atoms with Crippen molar-refractivity contribution in [1.82, 2.24) is 4.90 Å². The van der Waals surface area contributed by atoms with Crippen molar-refractivity contribution in [2.24, 2.45) is 0 Å². The van der Waals surface area contributed by atoms with Crippen LogP contribution >= 0.6 is 0 Å². The van der Waals surface area contributed by atoms with Crippen LogP contribution in [-0.4, -0.2) is 43.0 Å². The first-order chi connectivity index (χ1) is 11.8. The van der Waals surface area contributed by atoms with Crippen molar-refractivity contribution < 1.29 is 4.79 Å². The lowest BCUT2D eigenvalue weighted by Crippen LogP contribution is -2.51. The molecule has 0 aliphatic carbocycles. The standard InChI is InChI=1S/C20H21N3O/c1-21-19(16-17-8-4-2-5-9-17)20(24)23-14-12-22(13-15-23)18-10-6-3-7-11-18/h2-11,19H,12-16H2/t19-/m1/s1. The minimum atomic E-state index is -0.615. The van der Waals surface area contributed by atoms with E-state index < -0.39 is 6.04 Å². The van der Waals surface area contributed by atoms with Gasteiger partial charge < -0.3 is 14.6 Å². The van der Waals surface area contributed by atoms with Gasteiger partial charge in [0.25, 0.3) is 0 Å². The number of carbonyl (C=O) groups excluding carboxylic acids is 1. The zero-order chi connectivity index (χ0) is 16.8. The summed E-state index contributed by atoms with van der Waals surface area (Å²) in [4.78, 5) is 20.4.